The first kappa shape index (κ1) is 12.9. The lowest BCUT2D eigenvalue weighted by Gasteiger charge is -2.16. The summed E-state index contributed by atoms with van der Waals surface area (Å²) >= 11 is 0. The van der Waals surface area contributed by atoms with Crippen LogP contribution in [0, 0.1) is 0 Å². The molecule has 3 rings (SSSR count). The van der Waals surface area contributed by atoms with Gasteiger partial charge in [-0.25, -0.2) is 19.3 Å². The maximum atomic E-state index is 12.2. The van der Waals surface area contributed by atoms with Crippen LogP contribution in [0.4, 0.5) is 10.2 Å². The van der Waals surface area contributed by atoms with Gasteiger partial charge in [0.1, 0.15) is 30.2 Å². The number of nitrogens with zero attached hydrogens (tertiary/aromatic N) is 4. The molecule has 1 aliphatic rings. The molecule has 2 aromatic rings. The third-order valence-electron chi connectivity index (χ3n) is 3.20. The van der Waals surface area contributed by atoms with Gasteiger partial charge >= 0.3 is 0 Å². The van der Waals surface area contributed by atoms with E-state index in [4.69, 9.17) is 10.5 Å². The van der Waals surface area contributed by atoms with Crippen LogP contribution in [0.15, 0.2) is 25.1 Å². The molecule has 1 unspecified atom stereocenters. The van der Waals surface area contributed by atoms with Crippen LogP contribution in [-0.4, -0.2) is 48.0 Å². The molecular weight excluding hydrogens is 269 g/mol. The van der Waals surface area contributed by atoms with Crippen LogP contribution in [0.3, 0.4) is 0 Å². The molecule has 4 N–H and O–H groups in total. The summed E-state index contributed by atoms with van der Waals surface area (Å²) in [6.07, 6.45) is -0.466. The van der Waals surface area contributed by atoms with Crippen molar-refractivity contribution in [1.29, 1.82) is 0 Å². The van der Waals surface area contributed by atoms with Crippen LogP contribution in [0.25, 0.3) is 11.2 Å². The number of aromatic nitrogens is 4. The fourth-order valence-electron chi connectivity index (χ4n) is 2.20. The number of anilines is 1. The highest BCUT2D eigenvalue weighted by atomic mass is 19.1. The van der Waals surface area contributed by atoms with Crippen molar-refractivity contribution in [3.63, 3.8) is 0 Å². The van der Waals surface area contributed by atoms with Gasteiger partial charge in [-0.3, -0.25) is 4.57 Å². The first-order chi connectivity index (χ1) is 9.63. The molecule has 0 amide bonds. The molecule has 4 atom stereocenters. The van der Waals surface area contributed by atoms with Crippen LogP contribution in [0.1, 0.15) is 6.23 Å². The van der Waals surface area contributed by atoms with Gasteiger partial charge in [-0.1, -0.05) is 0 Å². The van der Waals surface area contributed by atoms with Crippen LogP contribution in [-0.2, 0) is 4.74 Å². The Morgan fingerprint density at radius 3 is 2.85 bits per heavy atom. The van der Waals surface area contributed by atoms with E-state index in [9.17, 15) is 14.6 Å². The molecule has 0 radical (unpaired) electrons. The number of ether oxygens (including phenoxy) is 1. The van der Waals surface area contributed by atoms with Gasteiger partial charge in [0, 0.05) is 0 Å². The second kappa shape index (κ2) is 4.78. The topological polar surface area (TPSA) is 119 Å². The largest absolute Gasteiger partial charge is 0.387 e. The number of rotatable bonds is 2. The van der Waals surface area contributed by atoms with Crippen molar-refractivity contribution in [2.45, 2.75) is 24.5 Å². The molecule has 0 aromatic carbocycles. The van der Waals surface area contributed by atoms with E-state index >= 15 is 0 Å². The van der Waals surface area contributed by atoms with Crippen molar-refractivity contribution in [3.05, 3.63) is 25.1 Å². The van der Waals surface area contributed by atoms with Crippen LogP contribution >= 0.6 is 0 Å². The molecule has 9 heteroatoms. The van der Waals surface area contributed by atoms with E-state index in [-0.39, 0.29) is 12.1 Å². The summed E-state index contributed by atoms with van der Waals surface area (Å²) in [5.74, 6) is 0.196. The molecule has 1 saturated heterocycles. The first-order valence-electron chi connectivity index (χ1n) is 5.85. The average Bonchev–Trinajstić information content (AvgIpc) is 2.97. The van der Waals surface area contributed by atoms with Crippen molar-refractivity contribution in [2.75, 3.05) is 5.73 Å². The van der Waals surface area contributed by atoms with Gasteiger partial charge in [0.05, 0.1) is 12.7 Å². The smallest absolute Gasteiger partial charge is 0.167 e. The average molecular weight is 281 g/mol. The van der Waals surface area contributed by atoms with Gasteiger partial charge in [0.25, 0.3) is 0 Å². The number of nitrogens with two attached hydrogens (primary N) is 1. The lowest BCUT2D eigenvalue weighted by Crippen LogP contribution is -2.30. The second-order valence-electron chi connectivity index (χ2n) is 4.37. The Balaban J connectivity index is 2.02. The standard InChI is InChI=1S/C11H12FN5O3/c12-2-1-5-7(18)8(19)11(20-5)17-4-16-6-9(13)14-3-15-10(6)17/h1-5,7-8,11,18-19H,(H2,13,14,15)/t5?,7-,8-,11-/m1/s1. The highest BCUT2D eigenvalue weighted by Crippen LogP contribution is 2.32. The summed E-state index contributed by atoms with van der Waals surface area (Å²) in [5.41, 5.74) is 6.39. The lowest BCUT2D eigenvalue weighted by atomic mass is 10.1. The van der Waals surface area contributed by atoms with Crippen LogP contribution < -0.4 is 5.73 Å². The number of nitrogen functional groups attached to an aromatic ring is 1. The quantitative estimate of drug-likeness (QED) is 0.679. The normalized spacial score (nSPS) is 30.6. The molecule has 8 nitrogen and oxygen atoms in total. The molecule has 20 heavy (non-hydrogen) atoms. The maximum Gasteiger partial charge on any atom is 0.167 e. The predicted molar refractivity (Wildman–Crippen MR) is 65.9 cm³/mol. The maximum absolute atomic E-state index is 12.2. The molecule has 0 bridgehead atoms. The first-order valence-corrected chi connectivity index (χ1v) is 5.85. The summed E-state index contributed by atoms with van der Waals surface area (Å²) in [5, 5.41) is 19.8. The van der Waals surface area contributed by atoms with Gasteiger partial charge in [0.15, 0.2) is 17.7 Å². The van der Waals surface area contributed by atoms with E-state index in [0.29, 0.717) is 11.2 Å². The van der Waals surface area contributed by atoms with Gasteiger partial charge in [-0.15, -0.1) is 0 Å². The molecule has 0 saturated carbocycles. The van der Waals surface area contributed by atoms with Crippen LogP contribution in [0.5, 0.6) is 0 Å². The Bertz CT molecular complexity index is 661. The number of imidazole rings is 1. The fraction of sp³-hybridized carbons (Fsp3) is 0.364. The summed E-state index contributed by atoms with van der Waals surface area (Å²) in [4.78, 5) is 11.9. The number of aliphatic hydroxyl groups is 2. The Hall–Kier alpha value is -2.10. The molecule has 2 aromatic heterocycles. The minimum Gasteiger partial charge on any atom is -0.387 e. The molecule has 1 fully saturated rings. The van der Waals surface area contributed by atoms with Crippen molar-refractivity contribution in [3.8, 4) is 0 Å². The zero-order valence-electron chi connectivity index (χ0n) is 10.2. The number of halogens is 1. The minimum absolute atomic E-state index is 0.196. The van der Waals surface area contributed by atoms with E-state index in [1.54, 1.807) is 0 Å². The number of aliphatic hydroxyl groups excluding tert-OH is 2. The van der Waals surface area contributed by atoms with Gasteiger partial charge in [-0.2, -0.15) is 0 Å². The Morgan fingerprint density at radius 1 is 1.30 bits per heavy atom. The number of fused-ring (bicyclic) bond motifs is 1. The van der Waals surface area contributed by atoms with Gasteiger partial charge in [-0.05, 0) is 6.08 Å². The SMILES string of the molecule is Nc1ncnc2c1ncn2[C@@H]1OC(C=CF)[C@@H](O)[C@H]1O. The molecule has 3 heterocycles. The summed E-state index contributed by atoms with van der Waals surface area (Å²) in [6.45, 7) is 0. The summed E-state index contributed by atoms with van der Waals surface area (Å²) in [6, 6.07) is 0. The van der Waals surface area contributed by atoms with E-state index < -0.39 is 24.5 Å². The summed E-state index contributed by atoms with van der Waals surface area (Å²) in [7, 11) is 0. The van der Waals surface area contributed by atoms with E-state index in [2.05, 4.69) is 15.0 Å². The van der Waals surface area contributed by atoms with E-state index in [1.807, 2.05) is 0 Å². The van der Waals surface area contributed by atoms with Crippen molar-refractivity contribution < 1.29 is 19.3 Å². The monoisotopic (exact) mass is 281 g/mol. The fourth-order valence-corrected chi connectivity index (χ4v) is 2.20. The third kappa shape index (κ3) is 1.83. The summed E-state index contributed by atoms with van der Waals surface area (Å²) < 4.78 is 19.0. The Kier molecular flexibility index (Phi) is 3.08. The predicted octanol–water partition coefficient (Wildman–Crippen LogP) is -0.489. The molecule has 106 valence electrons. The molecule has 0 aliphatic carbocycles. The van der Waals surface area contributed by atoms with E-state index in [0.717, 1.165) is 6.08 Å². The van der Waals surface area contributed by atoms with Crippen molar-refractivity contribution in [2.24, 2.45) is 0 Å². The Morgan fingerprint density at radius 2 is 2.10 bits per heavy atom. The number of hydrogen-bond acceptors (Lipinski definition) is 7. The van der Waals surface area contributed by atoms with Gasteiger partial charge in [0.2, 0.25) is 0 Å². The zero-order valence-corrected chi connectivity index (χ0v) is 10.2. The Labute approximate surface area is 112 Å². The third-order valence-corrected chi connectivity index (χ3v) is 3.20. The van der Waals surface area contributed by atoms with Crippen molar-refractivity contribution in [1.82, 2.24) is 19.5 Å². The minimum atomic E-state index is -1.25. The molecule has 1 aliphatic heterocycles. The van der Waals surface area contributed by atoms with E-state index in [1.165, 1.54) is 17.2 Å². The highest BCUT2D eigenvalue weighted by molar-refractivity contribution is 5.81. The molecular formula is C11H12FN5O3. The number of hydrogen-bond donors (Lipinski definition) is 3. The second-order valence-corrected chi connectivity index (χ2v) is 4.37. The van der Waals surface area contributed by atoms with Crippen molar-refractivity contribution >= 4 is 17.0 Å². The van der Waals surface area contributed by atoms with Crippen LogP contribution in [0.2, 0.25) is 0 Å². The lowest BCUT2D eigenvalue weighted by molar-refractivity contribution is -0.0246. The molecule has 0 spiro atoms. The zero-order chi connectivity index (χ0) is 14.3. The highest BCUT2D eigenvalue weighted by Gasteiger charge is 2.43. The van der Waals surface area contributed by atoms with Gasteiger partial charge < -0.3 is 20.7 Å².